The number of ether oxygens (including phenoxy) is 2. The zero-order chi connectivity index (χ0) is 20.3. The number of benzene rings is 1. The molecule has 0 saturated carbocycles. The van der Waals surface area contributed by atoms with Crippen LogP contribution in [0, 0.1) is 17.0 Å². The lowest BCUT2D eigenvalue weighted by Crippen LogP contribution is -2.18. The molecule has 142 valence electrons. The second-order valence-corrected chi connectivity index (χ2v) is 5.40. The summed E-state index contributed by atoms with van der Waals surface area (Å²) in [6.07, 6.45) is 0. The predicted octanol–water partition coefficient (Wildman–Crippen LogP) is 1.46. The Labute approximate surface area is 153 Å². The molecular formula is C16H16N4O7. The first-order valence-corrected chi connectivity index (χ1v) is 7.50. The summed E-state index contributed by atoms with van der Waals surface area (Å²) in [6, 6.07) is 3.78. The van der Waals surface area contributed by atoms with Gasteiger partial charge >= 0.3 is 17.6 Å². The summed E-state index contributed by atoms with van der Waals surface area (Å²) in [6.45, 7) is 1.40. The Kier molecular flexibility index (Phi) is 5.54. The molecule has 0 unspecified atom stereocenters. The summed E-state index contributed by atoms with van der Waals surface area (Å²) < 4.78 is 10.3. The van der Waals surface area contributed by atoms with Crippen molar-refractivity contribution >= 4 is 29.2 Å². The third-order valence-electron chi connectivity index (χ3n) is 3.62. The Morgan fingerprint density at radius 3 is 2.07 bits per heavy atom. The van der Waals surface area contributed by atoms with Gasteiger partial charge in [0, 0.05) is 12.7 Å². The van der Waals surface area contributed by atoms with Gasteiger partial charge in [0.2, 0.25) is 5.69 Å². The molecule has 0 aliphatic rings. The van der Waals surface area contributed by atoms with E-state index >= 15 is 0 Å². The molecule has 0 bridgehead atoms. The third kappa shape index (κ3) is 3.92. The molecule has 0 radical (unpaired) electrons. The highest BCUT2D eigenvalue weighted by atomic mass is 16.6. The van der Waals surface area contributed by atoms with E-state index in [1.54, 1.807) is 0 Å². The van der Waals surface area contributed by atoms with Crippen LogP contribution >= 0.6 is 0 Å². The number of aromatic nitrogens is 2. The number of nitrogens with one attached hydrogen (secondary N) is 1. The first kappa shape index (κ1) is 19.6. The van der Waals surface area contributed by atoms with Crippen molar-refractivity contribution in [2.45, 2.75) is 6.92 Å². The van der Waals surface area contributed by atoms with Gasteiger partial charge in [0.25, 0.3) is 5.91 Å². The van der Waals surface area contributed by atoms with Gasteiger partial charge in [-0.2, -0.15) is 5.10 Å². The maximum atomic E-state index is 12.6. The van der Waals surface area contributed by atoms with Crippen molar-refractivity contribution in [2.24, 2.45) is 7.05 Å². The number of aryl methyl sites for hydroxylation is 2. The van der Waals surface area contributed by atoms with E-state index < -0.39 is 28.5 Å². The Morgan fingerprint density at radius 1 is 1.11 bits per heavy atom. The van der Waals surface area contributed by atoms with Crippen LogP contribution in [0.5, 0.6) is 0 Å². The lowest BCUT2D eigenvalue weighted by Gasteiger charge is -2.09. The van der Waals surface area contributed by atoms with Gasteiger partial charge in [-0.25, -0.2) is 9.59 Å². The summed E-state index contributed by atoms with van der Waals surface area (Å²) in [5.74, 6) is -2.31. The summed E-state index contributed by atoms with van der Waals surface area (Å²) in [5, 5.41) is 17.5. The van der Waals surface area contributed by atoms with Gasteiger partial charge in [-0.15, -0.1) is 0 Å². The molecule has 1 amide bonds. The van der Waals surface area contributed by atoms with Gasteiger partial charge in [-0.3, -0.25) is 19.6 Å². The van der Waals surface area contributed by atoms with E-state index in [4.69, 9.17) is 0 Å². The van der Waals surface area contributed by atoms with Gasteiger partial charge in [0.15, 0.2) is 0 Å². The quantitative estimate of drug-likeness (QED) is 0.469. The van der Waals surface area contributed by atoms with Crippen molar-refractivity contribution < 1.29 is 28.8 Å². The van der Waals surface area contributed by atoms with E-state index in [9.17, 15) is 24.5 Å². The van der Waals surface area contributed by atoms with Gasteiger partial charge in [-0.1, -0.05) is 0 Å². The summed E-state index contributed by atoms with van der Waals surface area (Å²) >= 11 is 0. The average Bonchev–Trinajstić information content (AvgIpc) is 2.94. The number of nitro groups is 1. The highest BCUT2D eigenvalue weighted by Gasteiger charge is 2.29. The van der Waals surface area contributed by atoms with Gasteiger partial charge < -0.3 is 14.8 Å². The minimum absolute atomic E-state index is 0.00798. The fourth-order valence-electron chi connectivity index (χ4n) is 2.48. The van der Waals surface area contributed by atoms with Gasteiger partial charge in [-0.05, 0) is 25.1 Å². The molecule has 27 heavy (non-hydrogen) atoms. The third-order valence-corrected chi connectivity index (χ3v) is 3.62. The van der Waals surface area contributed by atoms with Gasteiger partial charge in [0.1, 0.15) is 5.69 Å². The van der Waals surface area contributed by atoms with Crippen molar-refractivity contribution in [3.05, 3.63) is 50.8 Å². The highest BCUT2D eigenvalue weighted by molar-refractivity contribution is 6.07. The summed E-state index contributed by atoms with van der Waals surface area (Å²) in [5.41, 5.74) is -0.603. The van der Waals surface area contributed by atoms with E-state index in [-0.39, 0.29) is 28.2 Å². The normalized spacial score (nSPS) is 10.2. The minimum Gasteiger partial charge on any atom is -0.465 e. The van der Waals surface area contributed by atoms with Gasteiger partial charge in [0.05, 0.1) is 30.3 Å². The second-order valence-electron chi connectivity index (χ2n) is 5.40. The number of nitrogens with zero attached hydrogens (tertiary/aromatic N) is 3. The molecule has 11 nitrogen and oxygen atoms in total. The van der Waals surface area contributed by atoms with E-state index in [0.29, 0.717) is 0 Å². The van der Waals surface area contributed by atoms with Crippen LogP contribution in [0.25, 0.3) is 0 Å². The first-order valence-electron chi connectivity index (χ1n) is 7.50. The lowest BCUT2D eigenvalue weighted by atomic mass is 10.1. The Morgan fingerprint density at radius 2 is 1.63 bits per heavy atom. The lowest BCUT2D eigenvalue weighted by molar-refractivity contribution is -0.385. The van der Waals surface area contributed by atoms with Crippen LogP contribution in [0.2, 0.25) is 0 Å². The summed E-state index contributed by atoms with van der Waals surface area (Å²) in [4.78, 5) is 46.7. The molecule has 1 aromatic heterocycles. The van der Waals surface area contributed by atoms with E-state index in [2.05, 4.69) is 19.9 Å². The number of anilines is 1. The van der Waals surface area contributed by atoms with Crippen LogP contribution in [-0.2, 0) is 16.5 Å². The molecule has 0 atom stereocenters. The molecule has 2 rings (SSSR count). The molecule has 2 aromatic rings. The second kappa shape index (κ2) is 7.64. The number of carbonyl (C=O) groups excluding carboxylic acids is 3. The number of methoxy groups -OCH3 is 2. The zero-order valence-corrected chi connectivity index (χ0v) is 14.9. The number of esters is 2. The molecular weight excluding hydrogens is 360 g/mol. The molecule has 11 heteroatoms. The highest BCUT2D eigenvalue weighted by Crippen LogP contribution is 2.24. The van der Waals surface area contributed by atoms with Crippen LogP contribution in [0.4, 0.5) is 11.4 Å². The maximum Gasteiger partial charge on any atom is 0.337 e. The number of hydrogen-bond acceptors (Lipinski definition) is 8. The Bertz CT molecular complexity index is 914. The molecule has 1 N–H and O–H groups in total. The number of hydrogen-bond donors (Lipinski definition) is 1. The fraction of sp³-hybridized carbons (Fsp3) is 0.250. The topological polar surface area (TPSA) is 143 Å². The van der Waals surface area contributed by atoms with Crippen LogP contribution in [0.15, 0.2) is 18.2 Å². The Hall–Kier alpha value is -3.76. The minimum atomic E-state index is -0.831. The summed E-state index contributed by atoms with van der Waals surface area (Å²) in [7, 11) is 3.71. The zero-order valence-electron chi connectivity index (χ0n) is 14.9. The monoisotopic (exact) mass is 376 g/mol. The number of amides is 1. The fourth-order valence-corrected chi connectivity index (χ4v) is 2.48. The first-order chi connectivity index (χ1) is 12.7. The average molecular weight is 376 g/mol. The molecule has 1 aromatic carbocycles. The van der Waals surface area contributed by atoms with E-state index in [0.717, 1.165) is 18.9 Å². The van der Waals surface area contributed by atoms with Crippen LogP contribution in [-0.4, -0.2) is 46.8 Å². The van der Waals surface area contributed by atoms with Crippen molar-refractivity contribution in [1.82, 2.24) is 9.78 Å². The molecule has 0 fully saturated rings. The standard InChI is InChI=1S/C16H16N4O7/c1-8-12(20(24)25)13(19(2)18-8)14(21)17-11-6-9(15(22)26-3)5-10(7-11)16(23)27-4/h5-7H,1-4H3,(H,17,21). The molecule has 0 saturated heterocycles. The number of rotatable bonds is 5. The van der Waals surface area contributed by atoms with E-state index in [1.165, 1.54) is 32.2 Å². The smallest absolute Gasteiger partial charge is 0.337 e. The van der Waals surface area contributed by atoms with Crippen molar-refractivity contribution in [1.29, 1.82) is 0 Å². The number of carbonyl (C=O) groups is 3. The molecule has 0 aliphatic heterocycles. The van der Waals surface area contributed by atoms with Crippen molar-refractivity contribution in [3.8, 4) is 0 Å². The van der Waals surface area contributed by atoms with E-state index in [1.807, 2.05) is 0 Å². The predicted molar refractivity (Wildman–Crippen MR) is 91.7 cm³/mol. The molecule has 0 aliphatic carbocycles. The van der Waals surface area contributed by atoms with Crippen LogP contribution in [0.1, 0.15) is 36.9 Å². The van der Waals surface area contributed by atoms with Crippen LogP contribution in [0.3, 0.4) is 0 Å². The van der Waals surface area contributed by atoms with Crippen molar-refractivity contribution in [3.63, 3.8) is 0 Å². The molecule has 0 spiro atoms. The SMILES string of the molecule is COC(=O)c1cc(NC(=O)c2c([N+](=O)[O-])c(C)nn2C)cc(C(=O)OC)c1. The molecule has 1 heterocycles. The van der Waals surface area contributed by atoms with Crippen LogP contribution < -0.4 is 5.32 Å². The largest absolute Gasteiger partial charge is 0.465 e. The van der Waals surface area contributed by atoms with Crippen molar-refractivity contribution in [2.75, 3.05) is 19.5 Å². The maximum absolute atomic E-state index is 12.6. The Balaban J connectivity index is 2.48.